The summed E-state index contributed by atoms with van der Waals surface area (Å²) >= 11 is 0. The summed E-state index contributed by atoms with van der Waals surface area (Å²) in [4.78, 5) is 14.9. The first kappa shape index (κ1) is 39.4. The van der Waals surface area contributed by atoms with Crippen LogP contribution in [0.4, 0.5) is 0 Å². The molecule has 0 spiro atoms. The summed E-state index contributed by atoms with van der Waals surface area (Å²) in [6, 6.07) is 64.7. The first-order chi connectivity index (χ1) is 31.2. The molecular formula is C59H48N4. The van der Waals surface area contributed by atoms with Gasteiger partial charge < -0.3 is 4.57 Å². The highest BCUT2D eigenvalue weighted by Gasteiger charge is 2.23. The molecule has 0 fully saturated rings. The number of rotatable bonds is 8. The molecule has 0 unspecified atom stereocenters. The fourth-order valence-electron chi connectivity index (χ4n) is 8.96. The van der Waals surface area contributed by atoms with Gasteiger partial charge in [0.05, 0.1) is 11.2 Å². The summed E-state index contributed by atoms with van der Waals surface area (Å²) in [5, 5.41) is 1.32. The van der Waals surface area contributed by atoms with Crippen LogP contribution in [0, 0.1) is 0 Å². The van der Waals surface area contributed by atoms with Gasteiger partial charge in [-0.25, -0.2) is 15.0 Å². The zero-order valence-electron chi connectivity index (χ0n) is 35.7. The molecular weight excluding hydrogens is 765 g/mol. The molecule has 63 heavy (non-hydrogen) atoms. The monoisotopic (exact) mass is 812 g/mol. The van der Waals surface area contributed by atoms with E-state index in [-0.39, 0.29) is 0 Å². The highest BCUT2D eigenvalue weighted by Crippen LogP contribution is 2.41. The van der Waals surface area contributed by atoms with Crippen molar-refractivity contribution in [1.82, 2.24) is 19.5 Å². The average Bonchev–Trinajstić information content (AvgIpc) is 3.71. The maximum absolute atomic E-state index is 4.99. The quantitative estimate of drug-likeness (QED) is 0.153. The van der Waals surface area contributed by atoms with Crippen LogP contribution in [0.5, 0.6) is 0 Å². The minimum absolute atomic E-state index is 0.646. The molecule has 2 aromatic heterocycles. The van der Waals surface area contributed by atoms with E-state index in [4.69, 9.17) is 15.0 Å². The fraction of sp³-hybridized carbons (Fsp3) is 0.102. The molecule has 2 aliphatic rings. The first-order valence-electron chi connectivity index (χ1n) is 22.2. The van der Waals surface area contributed by atoms with E-state index in [1.165, 1.54) is 55.6 Å². The van der Waals surface area contributed by atoms with Gasteiger partial charge in [0.1, 0.15) is 0 Å². The van der Waals surface area contributed by atoms with E-state index in [2.05, 4.69) is 150 Å². The minimum atomic E-state index is 0.646. The summed E-state index contributed by atoms with van der Waals surface area (Å²) in [5.74, 6) is 1.96. The van der Waals surface area contributed by atoms with Crippen molar-refractivity contribution in [2.75, 3.05) is 0 Å². The Balaban J connectivity index is 0.00000232. The van der Waals surface area contributed by atoms with Crippen molar-refractivity contribution in [3.8, 4) is 62.1 Å². The van der Waals surface area contributed by atoms with E-state index in [0.29, 0.717) is 17.5 Å². The van der Waals surface area contributed by atoms with Gasteiger partial charge in [-0.05, 0) is 124 Å². The minimum Gasteiger partial charge on any atom is -0.310 e. The maximum Gasteiger partial charge on any atom is 0.164 e. The Morgan fingerprint density at radius 2 is 0.937 bits per heavy atom. The van der Waals surface area contributed by atoms with Gasteiger partial charge in [0.2, 0.25) is 0 Å². The summed E-state index contributed by atoms with van der Waals surface area (Å²) in [6.07, 6.45) is 13.4. The number of hydrogen-bond acceptors (Lipinski definition) is 3. The van der Waals surface area contributed by atoms with Gasteiger partial charge in [-0.15, -0.1) is 0 Å². The van der Waals surface area contributed by atoms with Gasteiger partial charge in [0.15, 0.2) is 17.5 Å². The van der Waals surface area contributed by atoms with E-state index >= 15 is 0 Å². The third-order valence-corrected chi connectivity index (χ3v) is 12.0. The van der Waals surface area contributed by atoms with Crippen LogP contribution in [0.15, 0.2) is 200 Å². The standard InChI is InChI=1S/C57H42N4.C2H6/c1-5-16-39(17-6-1)47-35-48(40-18-7-2-8-19-40)37-49(36-47)45-30-33-52-51-26-13-14-27-53(51)61(54(52)38-45)50-31-28-41(29-32-50)44-24-15-25-46(34-44)57-59-55(42-20-9-3-10-21-42)58-56(60-57)43-22-11-4-12-23-43;1-2/h1-7,9-18,20-29,31-32,34-38H,8,19,30,33H2;1-2H3. The molecule has 0 radical (unpaired) electrons. The van der Waals surface area contributed by atoms with Gasteiger partial charge in [-0.1, -0.05) is 172 Å². The van der Waals surface area contributed by atoms with E-state index in [0.717, 1.165) is 59.2 Å². The lowest BCUT2D eigenvalue weighted by Crippen LogP contribution is -2.04. The SMILES string of the molecule is C1=CCCC(c2cc(C3=Cc4c(c5ccccc5n4-c4ccc(-c5cccc(-c6nc(-c7ccccc7)nc(-c7ccccc7)n6)c5)cc4)CC3)cc(-c3ccccc3)c2)=C1.CC. The van der Waals surface area contributed by atoms with Gasteiger partial charge in [0, 0.05) is 27.8 Å². The fourth-order valence-corrected chi connectivity index (χ4v) is 8.96. The first-order valence-corrected chi connectivity index (χ1v) is 22.2. The second kappa shape index (κ2) is 17.7. The van der Waals surface area contributed by atoms with Crippen LogP contribution in [0.1, 0.15) is 55.5 Å². The van der Waals surface area contributed by atoms with Crippen molar-refractivity contribution >= 4 is 28.1 Å². The van der Waals surface area contributed by atoms with E-state index in [1.807, 2.05) is 74.5 Å². The van der Waals surface area contributed by atoms with Crippen molar-refractivity contribution in [3.63, 3.8) is 0 Å². The molecule has 7 aromatic carbocycles. The Bertz CT molecular complexity index is 3100. The Labute approximate surface area is 370 Å². The van der Waals surface area contributed by atoms with Crippen LogP contribution in [0.2, 0.25) is 0 Å². The van der Waals surface area contributed by atoms with Crippen LogP contribution in [0.3, 0.4) is 0 Å². The molecule has 0 saturated heterocycles. The maximum atomic E-state index is 4.99. The zero-order valence-corrected chi connectivity index (χ0v) is 35.7. The summed E-state index contributed by atoms with van der Waals surface area (Å²) in [6.45, 7) is 4.00. The van der Waals surface area contributed by atoms with E-state index in [1.54, 1.807) is 0 Å². The third-order valence-electron chi connectivity index (χ3n) is 12.0. The second-order valence-corrected chi connectivity index (χ2v) is 15.9. The molecule has 0 atom stereocenters. The highest BCUT2D eigenvalue weighted by molar-refractivity contribution is 5.96. The van der Waals surface area contributed by atoms with Gasteiger partial charge >= 0.3 is 0 Å². The normalized spacial score (nSPS) is 13.1. The topological polar surface area (TPSA) is 43.6 Å². The van der Waals surface area contributed by atoms with Crippen LogP contribution < -0.4 is 0 Å². The number of hydrogen-bond donors (Lipinski definition) is 0. The van der Waals surface area contributed by atoms with E-state index < -0.39 is 0 Å². The second-order valence-electron chi connectivity index (χ2n) is 15.9. The number of benzene rings is 7. The lowest BCUT2D eigenvalue weighted by Gasteiger charge is -2.20. The van der Waals surface area contributed by atoms with Gasteiger partial charge in [0.25, 0.3) is 0 Å². The number of nitrogens with zero attached hydrogens (tertiary/aromatic N) is 4. The number of aryl methyl sites for hydroxylation is 1. The molecule has 4 heteroatoms. The predicted molar refractivity (Wildman–Crippen MR) is 264 cm³/mol. The zero-order chi connectivity index (χ0) is 42.5. The molecule has 2 aliphatic carbocycles. The molecule has 2 heterocycles. The highest BCUT2D eigenvalue weighted by atomic mass is 15.0. The van der Waals surface area contributed by atoms with Crippen LogP contribution in [-0.2, 0) is 6.42 Å². The number of allylic oxidation sites excluding steroid dienone is 5. The Kier molecular flexibility index (Phi) is 11.1. The van der Waals surface area contributed by atoms with Crippen molar-refractivity contribution in [1.29, 1.82) is 0 Å². The molecule has 0 bridgehead atoms. The Hall–Kier alpha value is -7.69. The molecule has 304 valence electrons. The largest absolute Gasteiger partial charge is 0.310 e. The van der Waals surface area contributed by atoms with Gasteiger partial charge in [-0.2, -0.15) is 0 Å². The molecule has 0 amide bonds. The Morgan fingerprint density at radius 3 is 1.59 bits per heavy atom. The molecule has 4 nitrogen and oxygen atoms in total. The molecule has 0 aliphatic heterocycles. The van der Waals surface area contributed by atoms with Crippen molar-refractivity contribution in [3.05, 3.63) is 223 Å². The lowest BCUT2D eigenvalue weighted by molar-refractivity contribution is 0.980. The molecule has 0 saturated carbocycles. The van der Waals surface area contributed by atoms with Crippen molar-refractivity contribution in [2.45, 2.75) is 39.5 Å². The van der Waals surface area contributed by atoms with Gasteiger partial charge in [-0.3, -0.25) is 0 Å². The summed E-state index contributed by atoms with van der Waals surface area (Å²) in [7, 11) is 0. The molecule has 0 N–H and O–H groups in total. The van der Waals surface area contributed by atoms with Crippen molar-refractivity contribution < 1.29 is 0 Å². The number of aromatic nitrogens is 4. The van der Waals surface area contributed by atoms with E-state index in [9.17, 15) is 0 Å². The average molecular weight is 813 g/mol. The molecule has 11 rings (SSSR count). The predicted octanol–water partition coefficient (Wildman–Crippen LogP) is 15.4. The lowest BCUT2D eigenvalue weighted by atomic mass is 9.86. The number of para-hydroxylation sites is 1. The third kappa shape index (κ3) is 8.00. The number of fused-ring (bicyclic) bond motifs is 3. The smallest absolute Gasteiger partial charge is 0.164 e. The summed E-state index contributed by atoms with van der Waals surface area (Å²) in [5.41, 5.74) is 18.0. The van der Waals surface area contributed by atoms with Crippen LogP contribution in [0.25, 0.3) is 90.2 Å². The summed E-state index contributed by atoms with van der Waals surface area (Å²) < 4.78 is 2.46. The molecule has 9 aromatic rings. The van der Waals surface area contributed by atoms with Crippen LogP contribution >= 0.6 is 0 Å². The van der Waals surface area contributed by atoms with Crippen molar-refractivity contribution in [2.24, 2.45) is 0 Å². The van der Waals surface area contributed by atoms with Crippen LogP contribution in [-0.4, -0.2) is 19.5 Å². The Morgan fingerprint density at radius 1 is 0.413 bits per heavy atom.